The maximum Gasteiger partial charge on any atom is 0.245 e. The number of H-pyrrole nitrogens is 1. The van der Waals surface area contributed by atoms with E-state index in [0.717, 1.165) is 44.0 Å². The molecule has 0 atom stereocenters. The summed E-state index contributed by atoms with van der Waals surface area (Å²) < 4.78 is 0. The number of hydrogen-bond donors (Lipinski definition) is 2. The second-order valence-corrected chi connectivity index (χ2v) is 6.09. The van der Waals surface area contributed by atoms with E-state index in [4.69, 9.17) is 28.9 Å². The molecule has 0 aliphatic carbocycles. The van der Waals surface area contributed by atoms with E-state index in [1.807, 2.05) is 6.07 Å². The van der Waals surface area contributed by atoms with Gasteiger partial charge < -0.3 is 10.6 Å². The third-order valence-corrected chi connectivity index (χ3v) is 4.64. The largest absolute Gasteiger partial charge is 0.340 e. The molecule has 0 spiro atoms. The molecule has 1 aromatic heterocycles. The molecule has 0 amide bonds. The molecule has 1 saturated heterocycles. The van der Waals surface area contributed by atoms with Gasteiger partial charge >= 0.3 is 0 Å². The fourth-order valence-electron chi connectivity index (χ4n) is 2.54. The van der Waals surface area contributed by atoms with Gasteiger partial charge in [-0.1, -0.05) is 23.2 Å². The SMILES string of the molecule is NCC1CCN(c2n[nH]c(-c3ccc(Cl)c(Cl)c3)n2)CC1. The molecule has 2 aromatic rings. The number of nitrogens with two attached hydrogens (primary N) is 1. The zero-order chi connectivity index (χ0) is 14.8. The molecule has 2 heterocycles. The molecular weight excluding hydrogens is 309 g/mol. The smallest absolute Gasteiger partial charge is 0.245 e. The maximum absolute atomic E-state index is 6.03. The molecule has 3 N–H and O–H groups in total. The third kappa shape index (κ3) is 3.15. The predicted molar refractivity (Wildman–Crippen MR) is 85.8 cm³/mol. The minimum atomic E-state index is 0.510. The maximum atomic E-state index is 6.03. The Hall–Kier alpha value is -1.30. The first-order valence-electron chi connectivity index (χ1n) is 7.00. The zero-order valence-corrected chi connectivity index (χ0v) is 13.0. The molecule has 3 rings (SSSR count). The van der Waals surface area contributed by atoms with Crippen LogP contribution in [0.4, 0.5) is 5.95 Å². The monoisotopic (exact) mass is 325 g/mol. The number of anilines is 1. The molecule has 1 aliphatic rings. The highest BCUT2D eigenvalue weighted by Gasteiger charge is 2.21. The van der Waals surface area contributed by atoms with Crippen molar-refractivity contribution in [1.29, 1.82) is 0 Å². The van der Waals surface area contributed by atoms with Crippen LogP contribution in [0.3, 0.4) is 0 Å². The number of aromatic amines is 1. The third-order valence-electron chi connectivity index (χ3n) is 3.90. The van der Waals surface area contributed by atoms with Gasteiger partial charge in [-0.2, -0.15) is 4.98 Å². The van der Waals surface area contributed by atoms with Gasteiger partial charge in [0.1, 0.15) is 0 Å². The van der Waals surface area contributed by atoms with Crippen LogP contribution >= 0.6 is 23.2 Å². The summed E-state index contributed by atoms with van der Waals surface area (Å²) >= 11 is 12.0. The standard InChI is InChI=1S/C14H17Cl2N5/c15-11-2-1-10(7-12(11)16)13-18-14(20-19-13)21-5-3-9(8-17)4-6-21/h1-2,7,9H,3-6,8,17H2,(H,18,19,20). The van der Waals surface area contributed by atoms with Gasteiger partial charge in [-0.05, 0) is 43.5 Å². The van der Waals surface area contributed by atoms with E-state index in [0.29, 0.717) is 21.8 Å². The van der Waals surface area contributed by atoms with Crippen molar-refractivity contribution in [3.05, 3.63) is 28.2 Å². The Kier molecular flexibility index (Phi) is 4.33. The van der Waals surface area contributed by atoms with Crippen molar-refractivity contribution in [2.45, 2.75) is 12.8 Å². The topological polar surface area (TPSA) is 70.8 Å². The molecule has 0 saturated carbocycles. The first-order chi connectivity index (χ1) is 10.2. The van der Waals surface area contributed by atoms with Gasteiger partial charge in [0, 0.05) is 18.7 Å². The summed E-state index contributed by atoms with van der Waals surface area (Å²) in [6.45, 7) is 2.65. The number of nitrogens with one attached hydrogen (secondary N) is 1. The highest BCUT2D eigenvalue weighted by molar-refractivity contribution is 6.42. The lowest BCUT2D eigenvalue weighted by atomic mass is 9.97. The molecule has 1 fully saturated rings. The Bertz CT molecular complexity index is 620. The second kappa shape index (κ2) is 6.22. The van der Waals surface area contributed by atoms with Gasteiger partial charge in [0.2, 0.25) is 5.95 Å². The lowest BCUT2D eigenvalue weighted by Gasteiger charge is -2.30. The van der Waals surface area contributed by atoms with Crippen molar-refractivity contribution in [3.8, 4) is 11.4 Å². The van der Waals surface area contributed by atoms with Crippen LogP contribution < -0.4 is 10.6 Å². The van der Waals surface area contributed by atoms with E-state index in [1.165, 1.54) is 0 Å². The molecular formula is C14H17Cl2N5. The molecule has 7 heteroatoms. The number of benzene rings is 1. The van der Waals surface area contributed by atoms with Crippen LogP contribution in [0.5, 0.6) is 0 Å². The molecule has 1 aromatic carbocycles. The summed E-state index contributed by atoms with van der Waals surface area (Å²) in [5.74, 6) is 2.05. The first kappa shape index (κ1) is 14.6. The molecule has 5 nitrogen and oxygen atoms in total. The Morgan fingerprint density at radius 2 is 2.00 bits per heavy atom. The van der Waals surface area contributed by atoms with Crippen molar-refractivity contribution >= 4 is 29.2 Å². The van der Waals surface area contributed by atoms with Crippen LogP contribution in [0.25, 0.3) is 11.4 Å². The average molecular weight is 326 g/mol. The van der Waals surface area contributed by atoms with Crippen molar-refractivity contribution in [2.75, 3.05) is 24.5 Å². The van der Waals surface area contributed by atoms with E-state index in [-0.39, 0.29) is 0 Å². The lowest BCUT2D eigenvalue weighted by molar-refractivity contribution is 0.411. The van der Waals surface area contributed by atoms with E-state index in [2.05, 4.69) is 20.1 Å². The van der Waals surface area contributed by atoms with Crippen LogP contribution in [0, 0.1) is 5.92 Å². The molecule has 0 unspecified atom stereocenters. The van der Waals surface area contributed by atoms with Crippen LogP contribution in [-0.4, -0.2) is 34.8 Å². The summed E-state index contributed by atoms with van der Waals surface area (Å²) in [5.41, 5.74) is 6.59. The molecule has 112 valence electrons. The minimum Gasteiger partial charge on any atom is -0.340 e. The number of aromatic nitrogens is 3. The molecule has 21 heavy (non-hydrogen) atoms. The Morgan fingerprint density at radius 3 is 2.67 bits per heavy atom. The fraction of sp³-hybridized carbons (Fsp3) is 0.429. The summed E-state index contributed by atoms with van der Waals surface area (Å²) in [6.07, 6.45) is 2.18. The average Bonchev–Trinajstić information content (AvgIpc) is 3.00. The minimum absolute atomic E-state index is 0.510. The summed E-state index contributed by atoms with van der Waals surface area (Å²) in [6, 6.07) is 5.42. The predicted octanol–water partition coefficient (Wildman–Crippen LogP) is 2.95. The normalized spacial score (nSPS) is 16.4. The lowest BCUT2D eigenvalue weighted by Crippen LogP contribution is -2.36. The molecule has 0 radical (unpaired) electrons. The second-order valence-electron chi connectivity index (χ2n) is 5.28. The van der Waals surface area contributed by atoms with Gasteiger partial charge in [-0.25, -0.2) is 0 Å². The fourth-order valence-corrected chi connectivity index (χ4v) is 2.83. The number of rotatable bonds is 3. The van der Waals surface area contributed by atoms with Crippen LogP contribution in [0.15, 0.2) is 18.2 Å². The molecule has 1 aliphatic heterocycles. The van der Waals surface area contributed by atoms with Gasteiger partial charge in [0.15, 0.2) is 5.82 Å². The van der Waals surface area contributed by atoms with Gasteiger partial charge in [0.25, 0.3) is 0 Å². The summed E-state index contributed by atoms with van der Waals surface area (Å²) in [7, 11) is 0. The highest BCUT2D eigenvalue weighted by atomic mass is 35.5. The molecule has 0 bridgehead atoms. The Labute approximate surface area is 133 Å². The van der Waals surface area contributed by atoms with Crippen molar-refractivity contribution in [2.24, 2.45) is 11.7 Å². The van der Waals surface area contributed by atoms with Gasteiger partial charge in [-0.3, -0.25) is 5.10 Å². The zero-order valence-electron chi connectivity index (χ0n) is 11.5. The van der Waals surface area contributed by atoms with Gasteiger partial charge in [0.05, 0.1) is 10.0 Å². The first-order valence-corrected chi connectivity index (χ1v) is 7.76. The number of hydrogen-bond acceptors (Lipinski definition) is 4. The van der Waals surface area contributed by atoms with E-state index in [1.54, 1.807) is 12.1 Å². The summed E-state index contributed by atoms with van der Waals surface area (Å²) in [5, 5.41) is 8.31. The Balaban J connectivity index is 1.76. The van der Waals surface area contributed by atoms with Crippen LogP contribution in [-0.2, 0) is 0 Å². The van der Waals surface area contributed by atoms with Crippen molar-refractivity contribution in [3.63, 3.8) is 0 Å². The quantitative estimate of drug-likeness (QED) is 0.910. The van der Waals surface area contributed by atoms with E-state index >= 15 is 0 Å². The number of piperidine rings is 1. The Morgan fingerprint density at radius 1 is 1.24 bits per heavy atom. The summed E-state index contributed by atoms with van der Waals surface area (Å²) in [4.78, 5) is 6.74. The number of halogens is 2. The van der Waals surface area contributed by atoms with Gasteiger partial charge in [-0.15, -0.1) is 5.10 Å². The highest BCUT2D eigenvalue weighted by Crippen LogP contribution is 2.28. The van der Waals surface area contributed by atoms with E-state index < -0.39 is 0 Å². The van der Waals surface area contributed by atoms with Crippen LogP contribution in [0.2, 0.25) is 10.0 Å². The van der Waals surface area contributed by atoms with E-state index in [9.17, 15) is 0 Å². The van der Waals surface area contributed by atoms with Crippen molar-refractivity contribution in [1.82, 2.24) is 15.2 Å². The van der Waals surface area contributed by atoms with Crippen molar-refractivity contribution < 1.29 is 0 Å². The number of nitrogens with zero attached hydrogens (tertiary/aromatic N) is 3. The van der Waals surface area contributed by atoms with Crippen LogP contribution in [0.1, 0.15) is 12.8 Å².